The van der Waals surface area contributed by atoms with Gasteiger partial charge in [0.05, 0.1) is 24.5 Å². The summed E-state index contributed by atoms with van der Waals surface area (Å²) in [6.07, 6.45) is 7.26. The molecule has 1 saturated heterocycles. The lowest BCUT2D eigenvalue weighted by molar-refractivity contribution is -0.125. The van der Waals surface area contributed by atoms with Crippen molar-refractivity contribution in [2.75, 3.05) is 18.0 Å². The number of aryl methyl sites for hydroxylation is 2. The number of hydrogen-bond acceptors (Lipinski definition) is 6. The van der Waals surface area contributed by atoms with Gasteiger partial charge in [0.15, 0.2) is 5.82 Å². The van der Waals surface area contributed by atoms with Crippen LogP contribution in [0.5, 0.6) is 0 Å². The number of nitrogens with one attached hydrogen (secondary N) is 1. The largest absolute Gasteiger partial charge is 0.353 e. The summed E-state index contributed by atoms with van der Waals surface area (Å²) in [5, 5.41) is 7.37. The van der Waals surface area contributed by atoms with E-state index in [2.05, 4.69) is 44.3 Å². The van der Waals surface area contributed by atoms with Gasteiger partial charge < -0.3 is 14.8 Å². The predicted octanol–water partition coefficient (Wildman–Crippen LogP) is 2.25. The first kappa shape index (κ1) is 17.9. The quantitative estimate of drug-likeness (QED) is 0.549. The van der Waals surface area contributed by atoms with Crippen LogP contribution < -0.4 is 10.2 Å². The van der Waals surface area contributed by atoms with Crippen LogP contribution in [0.3, 0.4) is 0 Å². The third-order valence-electron chi connectivity index (χ3n) is 5.17. The van der Waals surface area contributed by atoms with E-state index in [-0.39, 0.29) is 11.8 Å². The van der Waals surface area contributed by atoms with Crippen molar-refractivity contribution in [3.63, 3.8) is 0 Å². The summed E-state index contributed by atoms with van der Waals surface area (Å²) in [6, 6.07) is 6.19. The van der Waals surface area contributed by atoms with Gasteiger partial charge in [0.2, 0.25) is 5.91 Å². The van der Waals surface area contributed by atoms with E-state index in [0.29, 0.717) is 19.6 Å². The molecular formula is C20H21N7OS. The lowest BCUT2D eigenvalue weighted by Crippen LogP contribution is -2.54. The monoisotopic (exact) mass is 407 g/mol. The second-order valence-electron chi connectivity index (χ2n) is 7.40. The number of anilines is 1. The maximum Gasteiger partial charge on any atom is 0.226 e. The van der Waals surface area contributed by atoms with Crippen molar-refractivity contribution in [1.82, 2.24) is 29.5 Å². The summed E-state index contributed by atoms with van der Waals surface area (Å²) in [6.45, 7) is 3.99. The van der Waals surface area contributed by atoms with Crippen LogP contribution in [-0.2, 0) is 18.4 Å². The minimum Gasteiger partial charge on any atom is -0.353 e. The molecule has 0 aliphatic carbocycles. The van der Waals surface area contributed by atoms with Gasteiger partial charge in [-0.3, -0.25) is 4.79 Å². The number of carbonyl (C=O) groups excluding carboxylic acids is 1. The van der Waals surface area contributed by atoms with Crippen molar-refractivity contribution in [2.45, 2.75) is 13.5 Å². The van der Waals surface area contributed by atoms with Gasteiger partial charge in [-0.1, -0.05) is 0 Å². The molecule has 1 fully saturated rings. The molecule has 0 atom stereocenters. The molecule has 1 aliphatic heterocycles. The molecule has 1 aliphatic rings. The number of aromatic nitrogens is 5. The van der Waals surface area contributed by atoms with Gasteiger partial charge in [0, 0.05) is 47.8 Å². The Morgan fingerprint density at radius 1 is 1.28 bits per heavy atom. The first-order valence-corrected chi connectivity index (χ1v) is 10.3. The zero-order valence-electron chi connectivity index (χ0n) is 16.2. The smallest absolute Gasteiger partial charge is 0.226 e. The first-order chi connectivity index (χ1) is 14.1. The number of nitrogens with zero attached hydrogens (tertiary/aromatic N) is 6. The Bertz CT molecular complexity index is 1180. The van der Waals surface area contributed by atoms with E-state index < -0.39 is 0 Å². The standard InChI is InChI=1S/C20H21N7OS/c1-13-3-4-16(29-13)6-21-20(28)15-7-26(8-15)19-18-5-14(9-27(18)24-11-22-19)17-10-25(2)12-23-17/h3-5,9-12,15H,6-8H2,1-2H3,(H,21,28). The number of thiophene rings is 1. The van der Waals surface area contributed by atoms with E-state index in [1.807, 2.05) is 34.6 Å². The molecule has 9 heteroatoms. The molecule has 0 spiro atoms. The fourth-order valence-electron chi connectivity index (χ4n) is 3.58. The van der Waals surface area contributed by atoms with E-state index in [1.165, 1.54) is 9.75 Å². The van der Waals surface area contributed by atoms with Gasteiger partial charge in [0.1, 0.15) is 11.8 Å². The molecule has 0 aromatic carbocycles. The molecule has 0 radical (unpaired) electrons. The predicted molar refractivity (Wildman–Crippen MR) is 112 cm³/mol. The summed E-state index contributed by atoms with van der Waals surface area (Å²) in [7, 11) is 1.95. The SMILES string of the molecule is Cc1ccc(CNC(=O)C2CN(c3ncnn4cc(-c5cn(C)cn5)cc34)C2)s1. The van der Waals surface area contributed by atoms with Crippen LogP contribution in [0, 0.1) is 12.8 Å². The molecule has 1 amide bonds. The van der Waals surface area contributed by atoms with Crippen molar-refractivity contribution in [3.05, 3.63) is 53.0 Å². The summed E-state index contributed by atoms with van der Waals surface area (Å²) in [5.41, 5.74) is 2.81. The van der Waals surface area contributed by atoms with Crippen molar-refractivity contribution >= 4 is 28.6 Å². The van der Waals surface area contributed by atoms with Gasteiger partial charge in [-0.2, -0.15) is 5.10 Å². The fraction of sp³-hybridized carbons (Fsp3) is 0.300. The minimum atomic E-state index is -0.0173. The number of hydrogen-bond donors (Lipinski definition) is 1. The average Bonchev–Trinajstić information content (AvgIpc) is 3.38. The summed E-state index contributed by atoms with van der Waals surface area (Å²) in [4.78, 5) is 25.9. The molecule has 29 heavy (non-hydrogen) atoms. The zero-order valence-corrected chi connectivity index (χ0v) is 17.1. The van der Waals surface area contributed by atoms with Crippen LogP contribution in [0.25, 0.3) is 16.8 Å². The van der Waals surface area contributed by atoms with Crippen LogP contribution in [0.4, 0.5) is 5.82 Å². The molecule has 5 rings (SSSR count). The van der Waals surface area contributed by atoms with Gasteiger partial charge >= 0.3 is 0 Å². The zero-order chi connectivity index (χ0) is 20.0. The maximum atomic E-state index is 12.5. The number of amides is 1. The van der Waals surface area contributed by atoms with Crippen LogP contribution in [-0.4, -0.2) is 43.1 Å². The number of fused-ring (bicyclic) bond motifs is 1. The Morgan fingerprint density at radius 3 is 2.86 bits per heavy atom. The third kappa shape index (κ3) is 3.38. The summed E-state index contributed by atoms with van der Waals surface area (Å²) >= 11 is 1.72. The van der Waals surface area contributed by atoms with Crippen LogP contribution in [0.1, 0.15) is 9.75 Å². The van der Waals surface area contributed by atoms with Gasteiger partial charge in [-0.25, -0.2) is 14.5 Å². The molecular weight excluding hydrogens is 386 g/mol. The van der Waals surface area contributed by atoms with E-state index >= 15 is 0 Å². The van der Waals surface area contributed by atoms with Gasteiger partial charge in [-0.15, -0.1) is 11.3 Å². The normalized spacial score (nSPS) is 14.3. The highest BCUT2D eigenvalue weighted by molar-refractivity contribution is 7.11. The Labute approximate surface area is 171 Å². The third-order valence-corrected chi connectivity index (χ3v) is 6.17. The molecule has 148 valence electrons. The number of imidazole rings is 1. The Hall–Kier alpha value is -3.20. The molecule has 8 nitrogen and oxygen atoms in total. The highest BCUT2D eigenvalue weighted by Crippen LogP contribution is 2.30. The van der Waals surface area contributed by atoms with Crippen LogP contribution in [0.15, 0.2) is 43.2 Å². The molecule has 4 aromatic rings. The van der Waals surface area contributed by atoms with Crippen LogP contribution >= 0.6 is 11.3 Å². The maximum absolute atomic E-state index is 12.5. The molecule has 4 aromatic heterocycles. The van der Waals surface area contributed by atoms with Gasteiger partial charge in [-0.05, 0) is 25.1 Å². The van der Waals surface area contributed by atoms with E-state index in [4.69, 9.17) is 0 Å². The topological polar surface area (TPSA) is 80.4 Å². The molecule has 0 saturated carbocycles. The Morgan fingerprint density at radius 2 is 2.14 bits per heavy atom. The van der Waals surface area contributed by atoms with Gasteiger partial charge in [0.25, 0.3) is 0 Å². The highest BCUT2D eigenvalue weighted by atomic mass is 32.1. The van der Waals surface area contributed by atoms with Crippen molar-refractivity contribution in [3.8, 4) is 11.3 Å². The number of carbonyl (C=O) groups is 1. The Kier molecular flexibility index (Phi) is 4.31. The lowest BCUT2D eigenvalue weighted by atomic mass is 9.99. The first-order valence-electron chi connectivity index (χ1n) is 9.46. The fourth-order valence-corrected chi connectivity index (χ4v) is 4.41. The average molecular weight is 408 g/mol. The minimum absolute atomic E-state index is 0.0173. The second-order valence-corrected chi connectivity index (χ2v) is 8.77. The van der Waals surface area contributed by atoms with E-state index in [9.17, 15) is 4.79 Å². The lowest BCUT2D eigenvalue weighted by Gasteiger charge is -2.39. The summed E-state index contributed by atoms with van der Waals surface area (Å²) in [5.74, 6) is 0.929. The summed E-state index contributed by atoms with van der Waals surface area (Å²) < 4.78 is 3.74. The van der Waals surface area contributed by atoms with Crippen molar-refractivity contribution < 1.29 is 4.79 Å². The van der Waals surface area contributed by atoms with Crippen molar-refractivity contribution in [2.24, 2.45) is 13.0 Å². The molecule has 0 bridgehead atoms. The Balaban J connectivity index is 1.27. The molecule has 0 unspecified atom stereocenters. The number of rotatable bonds is 5. The van der Waals surface area contributed by atoms with E-state index in [1.54, 1.807) is 24.0 Å². The van der Waals surface area contributed by atoms with Crippen molar-refractivity contribution in [1.29, 1.82) is 0 Å². The molecule has 5 heterocycles. The van der Waals surface area contributed by atoms with E-state index in [0.717, 1.165) is 22.6 Å². The highest BCUT2D eigenvalue weighted by Gasteiger charge is 2.34. The molecule has 1 N–H and O–H groups in total. The van der Waals surface area contributed by atoms with Crippen LogP contribution in [0.2, 0.25) is 0 Å². The second kappa shape index (κ2) is 7.00.